The summed E-state index contributed by atoms with van der Waals surface area (Å²) in [7, 11) is 0. The number of carbonyl (C=O) groups excluding carboxylic acids is 1. The highest BCUT2D eigenvalue weighted by molar-refractivity contribution is 6.04. The summed E-state index contributed by atoms with van der Waals surface area (Å²) in [6.45, 7) is 4.22. The third kappa shape index (κ3) is 4.61. The summed E-state index contributed by atoms with van der Waals surface area (Å²) in [5.41, 5.74) is 6.64. The molecule has 3 aliphatic heterocycles. The smallest absolute Gasteiger partial charge is 0.267 e. The van der Waals surface area contributed by atoms with E-state index in [0.717, 1.165) is 25.9 Å². The van der Waals surface area contributed by atoms with Crippen LogP contribution in [0.15, 0.2) is 71.8 Å². The van der Waals surface area contributed by atoms with Gasteiger partial charge in [0.2, 0.25) is 0 Å². The van der Waals surface area contributed by atoms with Crippen molar-refractivity contribution in [1.82, 2.24) is 34.4 Å². The second-order valence-electron chi connectivity index (χ2n) is 11.2. The Balaban J connectivity index is 1.32. The van der Waals surface area contributed by atoms with Crippen molar-refractivity contribution in [3.63, 3.8) is 0 Å². The van der Waals surface area contributed by atoms with E-state index in [0.29, 0.717) is 40.2 Å². The molecule has 11 nitrogen and oxygen atoms in total. The highest BCUT2D eigenvalue weighted by Crippen LogP contribution is 2.35. The van der Waals surface area contributed by atoms with Gasteiger partial charge in [0.15, 0.2) is 11.5 Å². The standard InChI is InChI=1S/C32H30N8O3/c1-20(35-30(41)26-27(33)37-39-16-6-15-34-29(26)39)28-36-24-10-5-7-21(11-14-32(43)19-38-17-12-22(32)13-18-38)25(24)31(42)40(28)23-8-3-2-4-9-23/h2-10,15-16,20,22,43H,12-13,17-19H2,1H3,(H2,33,37)(H,35,41). The minimum absolute atomic E-state index is 0.0446. The molecule has 8 rings (SSSR count). The molecule has 2 atom stereocenters. The van der Waals surface area contributed by atoms with Crippen LogP contribution in [0, 0.1) is 17.8 Å². The van der Waals surface area contributed by atoms with Crippen molar-refractivity contribution in [3.05, 3.63) is 94.3 Å². The monoisotopic (exact) mass is 574 g/mol. The van der Waals surface area contributed by atoms with E-state index < -0.39 is 17.6 Å². The van der Waals surface area contributed by atoms with Gasteiger partial charge in [-0.1, -0.05) is 36.1 Å². The fourth-order valence-electron chi connectivity index (χ4n) is 6.28. The van der Waals surface area contributed by atoms with Crippen molar-refractivity contribution < 1.29 is 9.90 Å². The number of rotatable bonds is 4. The molecule has 11 heteroatoms. The van der Waals surface area contributed by atoms with Gasteiger partial charge in [0.25, 0.3) is 11.5 Å². The summed E-state index contributed by atoms with van der Waals surface area (Å²) in [6, 6.07) is 15.5. The number of hydrogen-bond acceptors (Lipinski definition) is 8. The van der Waals surface area contributed by atoms with Crippen LogP contribution in [0.4, 0.5) is 5.82 Å². The van der Waals surface area contributed by atoms with Crippen molar-refractivity contribution in [2.45, 2.75) is 31.4 Å². The van der Waals surface area contributed by atoms with E-state index in [4.69, 9.17) is 10.7 Å². The maximum atomic E-state index is 14.3. The van der Waals surface area contributed by atoms with Gasteiger partial charge in [-0.25, -0.2) is 14.5 Å². The van der Waals surface area contributed by atoms with Gasteiger partial charge in [-0.3, -0.25) is 19.1 Å². The lowest BCUT2D eigenvalue weighted by Crippen LogP contribution is -2.58. The van der Waals surface area contributed by atoms with E-state index in [-0.39, 0.29) is 22.9 Å². The van der Waals surface area contributed by atoms with Crippen molar-refractivity contribution in [2.75, 3.05) is 25.4 Å². The summed E-state index contributed by atoms with van der Waals surface area (Å²) in [5, 5.41) is 18.9. The van der Waals surface area contributed by atoms with Gasteiger partial charge >= 0.3 is 0 Å². The molecule has 0 aliphatic carbocycles. The maximum Gasteiger partial charge on any atom is 0.267 e. The molecule has 2 aromatic carbocycles. The molecule has 5 aromatic rings. The molecule has 43 heavy (non-hydrogen) atoms. The molecule has 0 radical (unpaired) electrons. The lowest BCUT2D eigenvalue weighted by Gasteiger charge is -2.47. The number of aromatic nitrogens is 5. The topological polar surface area (TPSA) is 144 Å². The molecule has 0 spiro atoms. The Morgan fingerprint density at radius 2 is 1.93 bits per heavy atom. The lowest BCUT2D eigenvalue weighted by atomic mass is 9.75. The normalized spacial score (nSPS) is 21.8. The summed E-state index contributed by atoms with van der Waals surface area (Å²) in [5.74, 6) is 6.28. The number of hydrogen-bond donors (Lipinski definition) is 3. The van der Waals surface area contributed by atoms with Crippen LogP contribution in [0.3, 0.4) is 0 Å². The van der Waals surface area contributed by atoms with Gasteiger partial charge in [0, 0.05) is 30.4 Å². The second-order valence-corrected chi connectivity index (χ2v) is 11.2. The molecule has 216 valence electrons. The minimum Gasteiger partial charge on any atom is -0.381 e. The van der Waals surface area contributed by atoms with Crippen LogP contribution in [0.25, 0.3) is 22.2 Å². The predicted octanol–water partition coefficient (Wildman–Crippen LogP) is 2.31. The van der Waals surface area contributed by atoms with Crippen LogP contribution in [0.5, 0.6) is 0 Å². The Morgan fingerprint density at radius 3 is 2.67 bits per heavy atom. The lowest BCUT2D eigenvalue weighted by molar-refractivity contribution is -0.0713. The molecule has 3 fully saturated rings. The second kappa shape index (κ2) is 10.3. The van der Waals surface area contributed by atoms with E-state index in [1.807, 2.05) is 30.3 Å². The molecule has 3 aromatic heterocycles. The Hall–Kier alpha value is -5.05. The first-order valence-corrected chi connectivity index (χ1v) is 14.3. The molecule has 4 N–H and O–H groups in total. The number of piperidine rings is 3. The number of nitrogen functional groups attached to an aromatic ring is 1. The van der Waals surface area contributed by atoms with Gasteiger partial charge < -0.3 is 16.2 Å². The molecule has 2 unspecified atom stereocenters. The minimum atomic E-state index is -1.11. The quantitative estimate of drug-likeness (QED) is 0.278. The van der Waals surface area contributed by atoms with E-state index in [2.05, 4.69) is 32.1 Å². The van der Waals surface area contributed by atoms with Crippen LogP contribution >= 0.6 is 0 Å². The zero-order valence-electron chi connectivity index (χ0n) is 23.6. The Labute approximate surface area is 247 Å². The Morgan fingerprint density at radius 1 is 1.14 bits per heavy atom. The van der Waals surface area contributed by atoms with Gasteiger partial charge in [-0.15, -0.1) is 5.10 Å². The number of fused-ring (bicyclic) bond motifs is 5. The first kappa shape index (κ1) is 26.8. The number of para-hydroxylation sites is 1. The first-order valence-electron chi connectivity index (χ1n) is 14.3. The molecule has 6 heterocycles. The fraction of sp³-hybridized carbons (Fsp3) is 0.281. The molecule has 0 saturated carbocycles. The van der Waals surface area contributed by atoms with Crippen LogP contribution in [0.1, 0.15) is 47.6 Å². The average molecular weight is 575 g/mol. The first-order chi connectivity index (χ1) is 20.8. The highest BCUT2D eigenvalue weighted by Gasteiger charge is 2.44. The zero-order chi connectivity index (χ0) is 29.7. The van der Waals surface area contributed by atoms with Crippen LogP contribution in [0.2, 0.25) is 0 Å². The number of nitrogens with one attached hydrogen (secondary N) is 1. The van der Waals surface area contributed by atoms with E-state index in [9.17, 15) is 14.7 Å². The summed E-state index contributed by atoms with van der Waals surface area (Å²) in [6.07, 6.45) is 5.04. The predicted molar refractivity (Wildman–Crippen MR) is 162 cm³/mol. The number of aliphatic hydroxyl groups is 1. The van der Waals surface area contributed by atoms with Crippen LogP contribution in [-0.4, -0.2) is 65.3 Å². The molecule has 1 amide bonds. The number of nitrogens with zero attached hydrogens (tertiary/aromatic N) is 6. The summed E-state index contributed by atoms with van der Waals surface area (Å²) >= 11 is 0. The van der Waals surface area contributed by atoms with Gasteiger partial charge in [0.1, 0.15) is 17.0 Å². The Bertz CT molecular complexity index is 2000. The number of amides is 1. The number of carbonyl (C=O) groups is 1. The van der Waals surface area contributed by atoms with E-state index in [1.54, 1.807) is 43.6 Å². The average Bonchev–Trinajstić information content (AvgIpc) is 3.36. The summed E-state index contributed by atoms with van der Waals surface area (Å²) < 4.78 is 2.94. The fourth-order valence-corrected chi connectivity index (χ4v) is 6.28. The molecular formula is C32H30N8O3. The largest absolute Gasteiger partial charge is 0.381 e. The highest BCUT2D eigenvalue weighted by atomic mass is 16.3. The van der Waals surface area contributed by atoms with Crippen molar-refractivity contribution >= 4 is 28.3 Å². The van der Waals surface area contributed by atoms with Gasteiger partial charge in [-0.05, 0) is 63.2 Å². The maximum absolute atomic E-state index is 14.3. The van der Waals surface area contributed by atoms with Gasteiger partial charge in [-0.2, -0.15) is 0 Å². The van der Waals surface area contributed by atoms with Crippen LogP contribution in [-0.2, 0) is 0 Å². The molecular weight excluding hydrogens is 544 g/mol. The van der Waals surface area contributed by atoms with Crippen molar-refractivity contribution in [1.29, 1.82) is 0 Å². The van der Waals surface area contributed by atoms with Crippen molar-refractivity contribution in [2.24, 2.45) is 5.92 Å². The molecule has 3 aliphatic rings. The number of benzene rings is 2. The zero-order valence-corrected chi connectivity index (χ0v) is 23.6. The molecule has 3 saturated heterocycles. The third-order valence-electron chi connectivity index (χ3n) is 8.46. The van der Waals surface area contributed by atoms with Crippen molar-refractivity contribution in [3.8, 4) is 17.5 Å². The van der Waals surface area contributed by atoms with Gasteiger partial charge in [0.05, 0.1) is 22.6 Å². The number of anilines is 1. The molecule has 2 bridgehead atoms. The van der Waals surface area contributed by atoms with Crippen LogP contribution < -0.4 is 16.6 Å². The Kier molecular flexibility index (Phi) is 6.45. The number of nitrogens with two attached hydrogens (primary N) is 1. The SMILES string of the molecule is CC(NC(=O)c1c(N)nn2cccnc12)c1nc2cccc(C#CC3(O)CN4CCC3CC4)c2c(=O)n1-c1ccccc1. The van der Waals surface area contributed by atoms with E-state index in [1.165, 1.54) is 9.08 Å². The van der Waals surface area contributed by atoms with E-state index >= 15 is 0 Å². The summed E-state index contributed by atoms with van der Waals surface area (Å²) in [4.78, 5) is 39.1. The third-order valence-corrected chi connectivity index (χ3v) is 8.46.